The van der Waals surface area contributed by atoms with Gasteiger partial charge >= 0.3 is 0 Å². The Morgan fingerprint density at radius 1 is 0.556 bits per heavy atom. The fourth-order valence-electron chi connectivity index (χ4n) is 3.36. The average Bonchev–Trinajstić information content (AvgIpc) is 2.91. The molecule has 0 atom stereocenters. The zero-order chi connectivity index (χ0) is 25.0. The summed E-state index contributed by atoms with van der Waals surface area (Å²) in [5.74, 6) is 2.01. The van der Waals surface area contributed by atoms with Crippen molar-refractivity contribution in [1.29, 1.82) is 0 Å². The molecule has 0 saturated carbocycles. The third kappa shape index (κ3) is 8.56. The van der Waals surface area contributed by atoms with Crippen LogP contribution in [0.1, 0.15) is 24.0 Å². The number of thioether (sulfide) groups is 2. The average molecular weight is 550 g/mol. The van der Waals surface area contributed by atoms with Gasteiger partial charge in [0.2, 0.25) is 0 Å². The van der Waals surface area contributed by atoms with Gasteiger partial charge in [0.25, 0.3) is 0 Å². The van der Waals surface area contributed by atoms with Crippen LogP contribution in [0.2, 0.25) is 10.0 Å². The summed E-state index contributed by atoms with van der Waals surface area (Å²) in [6.45, 7) is 0. The Bertz CT molecular complexity index is 1210. The van der Waals surface area contributed by atoms with Gasteiger partial charge in [-0.15, -0.1) is 23.5 Å². The molecule has 0 fully saturated rings. The largest absolute Gasteiger partial charge is 0.255 e. The first-order chi connectivity index (χ1) is 17.7. The molecule has 0 N–H and O–H groups in total. The molecule has 0 unspecified atom stereocenters. The maximum atomic E-state index is 6.27. The topological polar surface area (TPSA) is 24.7 Å². The second-order valence-corrected chi connectivity index (χ2v) is 11.1. The molecule has 0 aliphatic carbocycles. The lowest BCUT2D eigenvalue weighted by atomic mass is 10.2. The van der Waals surface area contributed by atoms with E-state index in [1.807, 2.05) is 109 Å². The van der Waals surface area contributed by atoms with Crippen molar-refractivity contribution in [3.05, 3.63) is 118 Å². The summed E-state index contributed by atoms with van der Waals surface area (Å²) in [6, 6.07) is 32.0. The van der Waals surface area contributed by atoms with Gasteiger partial charge in [0.15, 0.2) is 0 Å². The summed E-state index contributed by atoms with van der Waals surface area (Å²) in [6.07, 6.45) is 5.98. The first kappa shape index (κ1) is 26.6. The molecule has 4 aromatic carbocycles. The van der Waals surface area contributed by atoms with Crippen LogP contribution in [0.15, 0.2) is 117 Å². The van der Waals surface area contributed by atoms with E-state index in [9.17, 15) is 0 Å². The van der Waals surface area contributed by atoms with Crippen molar-refractivity contribution in [2.24, 2.45) is 9.98 Å². The van der Waals surface area contributed by atoms with Crippen molar-refractivity contribution in [2.45, 2.75) is 22.6 Å². The minimum absolute atomic E-state index is 0.733. The van der Waals surface area contributed by atoms with Crippen LogP contribution in [0.5, 0.6) is 0 Å². The van der Waals surface area contributed by atoms with E-state index in [-0.39, 0.29) is 0 Å². The van der Waals surface area contributed by atoms with E-state index in [0.29, 0.717) is 0 Å². The fourth-order valence-corrected chi connectivity index (χ4v) is 5.92. The summed E-state index contributed by atoms with van der Waals surface area (Å²) in [4.78, 5) is 11.6. The predicted molar refractivity (Wildman–Crippen MR) is 161 cm³/mol. The van der Waals surface area contributed by atoms with Gasteiger partial charge in [0.1, 0.15) is 0 Å². The first-order valence-electron chi connectivity index (χ1n) is 11.7. The van der Waals surface area contributed by atoms with Crippen LogP contribution in [-0.2, 0) is 0 Å². The molecule has 4 rings (SSSR count). The maximum absolute atomic E-state index is 6.27. The number of aliphatic imine (C=N–C) groups is 2. The van der Waals surface area contributed by atoms with Crippen molar-refractivity contribution in [3.63, 3.8) is 0 Å². The second kappa shape index (κ2) is 14.3. The standard InChI is InChI=1S/C30H26Cl2N2S2/c31-25-13-15-27(33-21-23-9-3-1-4-10-23)29(19-25)35-17-7-8-18-36-30-20-26(32)14-16-28(30)34-22-24-11-5-2-6-12-24/h1-6,9-16,19-22H,7-8,17-18H2. The van der Waals surface area contributed by atoms with Crippen LogP contribution in [0.4, 0.5) is 11.4 Å². The summed E-state index contributed by atoms with van der Waals surface area (Å²) >= 11 is 16.1. The molecule has 0 bridgehead atoms. The SMILES string of the molecule is Clc1ccc(N=Cc2ccccc2)c(SCCCCSc2cc(Cl)ccc2N=Cc2ccccc2)c1. The van der Waals surface area contributed by atoms with Crippen molar-refractivity contribution < 1.29 is 0 Å². The molecule has 0 aliphatic heterocycles. The van der Waals surface area contributed by atoms with E-state index >= 15 is 0 Å². The molecule has 6 heteroatoms. The van der Waals surface area contributed by atoms with Crippen LogP contribution in [0, 0.1) is 0 Å². The van der Waals surface area contributed by atoms with Gasteiger partial charge in [-0.1, -0.05) is 83.9 Å². The minimum atomic E-state index is 0.733. The lowest BCUT2D eigenvalue weighted by molar-refractivity contribution is 0.907. The Balaban J connectivity index is 1.28. The monoisotopic (exact) mass is 548 g/mol. The van der Waals surface area contributed by atoms with E-state index in [1.165, 1.54) is 0 Å². The molecule has 0 spiro atoms. The van der Waals surface area contributed by atoms with Gasteiger partial charge < -0.3 is 0 Å². The van der Waals surface area contributed by atoms with Crippen LogP contribution in [0.3, 0.4) is 0 Å². The van der Waals surface area contributed by atoms with E-state index in [0.717, 1.165) is 66.7 Å². The molecule has 0 aromatic heterocycles. The molecule has 36 heavy (non-hydrogen) atoms. The Kier molecular flexibility index (Phi) is 10.5. The smallest absolute Gasteiger partial charge is 0.0766 e. The van der Waals surface area contributed by atoms with Gasteiger partial charge in [-0.25, -0.2) is 0 Å². The Labute approximate surface area is 231 Å². The fraction of sp³-hybridized carbons (Fsp3) is 0.133. The number of hydrogen-bond donors (Lipinski definition) is 0. The molecule has 182 valence electrons. The van der Waals surface area contributed by atoms with Gasteiger partial charge in [0.05, 0.1) is 11.4 Å². The first-order valence-corrected chi connectivity index (χ1v) is 14.4. The van der Waals surface area contributed by atoms with Gasteiger partial charge in [-0.05, 0) is 71.9 Å². The number of benzene rings is 4. The Morgan fingerprint density at radius 3 is 1.39 bits per heavy atom. The molecule has 0 radical (unpaired) electrons. The lowest BCUT2D eigenvalue weighted by Crippen LogP contribution is -1.87. The van der Waals surface area contributed by atoms with Crippen molar-refractivity contribution in [2.75, 3.05) is 11.5 Å². The molecule has 2 nitrogen and oxygen atoms in total. The second-order valence-electron chi connectivity index (χ2n) is 7.97. The molecular formula is C30H26Cl2N2S2. The molecule has 0 amide bonds. The summed E-state index contributed by atoms with van der Waals surface area (Å²) in [5.41, 5.74) is 4.05. The number of unbranched alkanes of at least 4 members (excludes halogenated alkanes) is 1. The highest BCUT2D eigenvalue weighted by Gasteiger charge is 2.06. The Morgan fingerprint density at radius 2 is 0.972 bits per heavy atom. The summed E-state index contributed by atoms with van der Waals surface area (Å²) in [7, 11) is 0. The van der Waals surface area contributed by atoms with Gasteiger partial charge in [0, 0.05) is 32.3 Å². The molecule has 0 saturated heterocycles. The molecule has 4 aromatic rings. The number of nitrogens with zero attached hydrogens (tertiary/aromatic N) is 2. The quantitative estimate of drug-likeness (QED) is 0.106. The predicted octanol–water partition coefficient (Wildman–Crippen LogP) is 10.2. The zero-order valence-electron chi connectivity index (χ0n) is 19.7. The van der Waals surface area contributed by atoms with E-state index < -0.39 is 0 Å². The normalized spacial score (nSPS) is 11.5. The molecular weight excluding hydrogens is 523 g/mol. The van der Waals surface area contributed by atoms with Crippen molar-refractivity contribution >= 4 is 70.5 Å². The maximum Gasteiger partial charge on any atom is 0.0766 e. The summed E-state index contributed by atoms with van der Waals surface area (Å²) < 4.78 is 0. The van der Waals surface area contributed by atoms with Crippen LogP contribution < -0.4 is 0 Å². The van der Waals surface area contributed by atoms with Gasteiger partial charge in [-0.2, -0.15) is 0 Å². The van der Waals surface area contributed by atoms with E-state index in [1.54, 1.807) is 23.5 Å². The summed E-state index contributed by atoms with van der Waals surface area (Å²) in [5, 5.41) is 1.47. The molecule has 0 aliphatic rings. The van der Waals surface area contributed by atoms with Crippen LogP contribution >= 0.6 is 46.7 Å². The number of halogens is 2. The van der Waals surface area contributed by atoms with E-state index in [4.69, 9.17) is 33.2 Å². The highest BCUT2D eigenvalue weighted by molar-refractivity contribution is 7.99. The van der Waals surface area contributed by atoms with Gasteiger partial charge in [-0.3, -0.25) is 9.98 Å². The molecule has 0 heterocycles. The zero-order valence-corrected chi connectivity index (χ0v) is 22.8. The van der Waals surface area contributed by atoms with E-state index in [2.05, 4.69) is 0 Å². The Hall–Kier alpha value is -2.50. The number of rotatable bonds is 11. The van der Waals surface area contributed by atoms with Crippen molar-refractivity contribution in [1.82, 2.24) is 0 Å². The van der Waals surface area contributed by atoms with Crippen LogP contribution in [0.25, 0.3) is 0 Å². The highest BCUT2D eigenvalue weighted by atomic mass is 35.5. The third-order valence-electron chi connectivity index (χ3n) is 5.20. The lowest BCUT2D eigenvalue weighted by Gasteiger charge is -2.08. The van der Waals surface area contributed by atoms with Crippen LogP contribution in [-0.4, -0.2) is 23.9 Å². The number of hydrogen-bond acceptors (Lipinski definition) is 4. The highest BCUT2D eigenvalue weighted by Crippen LogP contribution is 2.35. The third-order valence-corrected chi connectivity index (χ3v) is 7.93. The van der Waals surface area contributed by atoms with Crippen molar-refractivity contribution in [3.8, 4) is 0 Å². The minimum Gasteiger partial charge on any atom is -0.255 e.